The van der Waals surface area contributed by atoms with Gasteiger partial charge in [-0.3, -0.25) is 0 Å². The first-order chi connectivity index (χ1) is 9.11. The van der Waals surface area contributed by atoms with Crippen molar-refractivity contribution in [2.45, 2.75) is 18.9 Å². The normalized spacial score (nSPS) is 10.5. The molecular weight excluding hydrogens is 391 g/mol. The van der Waals surface area contributed by atoms with E-state index in [9.17, 15) is 0 Å². The Balaban J connectivity index is 2.19. The lowest BCUT2D eigenvalue weighted by atomic mass is 10.1. The number of benzene rings is 2. The van der Waals surface area contributed by atoms with Crippen LogP contribution in [-0.2, 0) is 11.9 Å². The zero-order valence-electron chi connectivity index (χ0n) is 10.4. The highest BCUT2D eigenvalue weighted by Crippen LogP contribution is 2.28. The minimum atomic E-state index is 0.469. The van der Waals surface area contributed by atoms with E-state index in [0.717, 1.165) is 32.2 Å². The summed E-state index contributed by atoms with van der Waals surface area (Å²) >= 11 is 13.1. The van der Waals surface area contributed by atoms with Crippen LogP contribution in [0.1, 0.15) is 16.7 Å². The fourth-order valence-corrected chi connectivity index (χ4v) is 2.98. The summed E-state index contributed by atoms with van der Waals surface area (Å²) in [6, 6.07) is 12.0. The summed E-state index contributed by atoms with van der Waals surface area (Å²) in [7, 11) is 0. The van der Waals surface area contributed by atoms with E-state index in [0.29, 0.717) is 11.6 Å². The standard InChI is InChI=1S/C15H13Br2ClO/c1-10-3-2-4-11(8-16)15(10)19-9-12-5-6-13(17)7-14(12)18/h2-7H,8-9H2,1H3. The highest BCUT2D eigenvalue weighted by molar-refractivity contribution is 9.10. The molecule has 4 heteroatoms. The molecule has 0 fully saturated rings. The van der Waals surface area contributed by atoms with Crippen molar-refractivity contribution in [1.29, 1.82) is 0 Å². The average molecular weight is 405 g/mol. The fraction of sp³-hybridized carbons (Fsp3) is 0.200. The van der Waals surface area contributed by atoms with Crippen molar-refractivity contribution in [2.24, 2.45) is 0 Å². The van der Waals surface area contributed by atoms with Gasteiger partial charge in [0.2, 0.25) is 0 Å². The van der Waals surface area contributed by atoms with Gasteiger partial charge in [0, 0.05) is 26.0 Å². The molecule has 0 aliphatic heterocycles. The molecule has 0 N–H and O–H groups in total. The van der Waals surface area contributed by atoms with Crippen LogP contribution in [0.3, 0.4) is 0 Å². The van der Waals surface area contributed by atoms with Crippen molar-refractivity contribution >= 4 is 43.5 Å². The van der Waals surface area contributed by atoms with Crippen molar-refractivity contribution < 1.29 is 4.74 Å². The lowest BCUT2D eigenvalue weighted by molar-refractivity contribution is 0.302. The van der Waals surface area contributed by atoms with Crippen molar-refractivity contribution in [3.63, 3.8) is 0 Å². The maximum Gasteiger partial charge on any atom is 0.126 e. The second-order valence-electron chi connectivity index (χ2n) is 4.22. The molecular formula is C15H13Br2ClO. The van der Waals surface area contributed by atoms with Gasteiger partial charge in [-0.1, -0.05) is 67.7 Å². The Morgan fingerprint density at radius 3 is 2.63 bits per heavy atom. The van der Waals surface area contributed by atoms with Gasteiger partial charge in [-0.25, -0.2) is 0 Å². The lowest BCUT2D eigenvalue weighted by Gasteiger charge is -2.13. The van der Waals surface area contributed by atoms with Gasteiger partial charge in [-0.2, -0.15) is 0 Å². The monoisotopic (exact) mass is 402 g/mol. The zero-order chi connectivity index (χ0) is 13.8. The maximum absolute atomic E-state index is 6.19. The Morgan fingerprint density at radius 2 is 1.95 bits per heavy atom. The van der Waals surface area contributed by atoms with E-state index in [1.54, 1.807) is 0 Å². The van der Waals surface area contributed by atoms with Gasteiger partial charge >= 0.3 is 0 Å². The van der Waals surface area contributed by atoms with E-state index in [1.807, 2.05) is 37.3 Å². The Hall–Kier alpha value is -0.510. The van der Waals surface area contributed by atoms with E-state index in [4.69, 9.17) is 16.3 Å². The second-order valence-corrected chi connectivity index (χ2v) is 6.10. The SMILES string of the molecule is Cc1cccc(CBr)c1OCc1ccc(Br)cc1Cl. The summed E-state index contributed by atoms with van der Waals surface area (Å²) in [6.07, 6.45) is 0. The molecule has 0 unspecified atom stereocenters. The second kappa shape index (κ2) is 6.78. The van der Waals surface area contributed by atoms with Crippen LogP contribution in [0.2, 0.25) is 5.02 Å². The van der Waals surface area contributed by atoms with E-state index in [2.05, 4.69) is 37.9 Å². The Bertz CT molecular complexity index is 584. The molecule has 2 aromatic rings. The third-order valence-electron chi connectivity index (χ3n) is 2.82. The van der Waals surface area contributed by atoms with E-state index in [1.165, 1.54) is 0 Å². The quantitative estimate of drug-likeness (QED) is 0.578. The molecule has 0 saturated carbocycles. The van der Waals surface area contributed by atoms with Gasteiger partial charge in [0.25, 0.3) is 0 Å². The summed E-state index contributed by atoms with van der Waals surface area (Å²) < 4.78 is 6.91. The summed E-state index contributed by atoms with van der Waals surface area (Å²) in [6.45, 7) is 2.52. The Morgan fingerprint density at radius 1 is 1.16 bits per heavy atom. The van der Waals surface area contributed by atoms with Gasteiger partial charge in [-0.05, 0) is 24.6 Å². The largest absolute Gasteiger partial charge is 0.488 e. The molecule has 100 valence electrons. The van der Waals surface area contributed by atoms with Gasteiger partial charge in [0.1, 0.15) is 12.4 Å². The number of para-hydroxylation sites is 1. The zero-order valence-corrected chi connectivity index (χ0v) is 14.3. The average Bonchev–Trinajstić information content (AvgIpc) is 2.39. The van der Waals surface area contributed by atoms with Crippen LogP contribution in [0, 0.1) is 6.92 Å². The van der Waals surface area contributed by atoms with Crippen LogP contribution in [0.5, 0.6) is 5.75 Å². The number of ether oxygens (including phenoxy) is 1. The highest BCUT2D eigenvalue weighted by atomic mass is 79.9. The van der Waals surface area contributed by atoms with E-state index in [-0.39, 0.29) is 0 Å². The smallest absolute Gasteiger partial charge is 0.126 e. The Kier molecular flexibility index (Phi) is 5.31. The number of hydrogen-bond donors (Lipinski definition) is 0. The van der Waals surface area contributed by atoms with Crippen LogP contribution in [0.4, 0.5) is 0 Å². The third-order valence-corrected chi connectivity index (χ3v) is 4.27. The van der Waals surface area contributed by atoms with Crippen LogP contribution < -0.4 is 4.74 Å². The third kappa shape index (κ3) is 3.74. The number of aryl methyl sites for hydroxylation is 1. The molecule has 0 spiro atoms. The topological polar surface area (TPSA) is 9.23 Å². The first kappa shape index (κ1) is 14.9. The molecule has 0 aliphatic carbocycles. The van der Waals surface area contributed by atoms with Gasteiger partial charge in [0.05, 0.1) is 0 Å². The lowest BCUT2D eigenvalue weighted by Crippen LogP contribution is -2.00. The van der Waals surface area contributed by atoms with Crippen LogP contribution in [0.15, 0.2) is 40.9 Å². The number of alkyl halides is 1. The number of halogens is 3. The van der Waals surface area contributed by atoms with Crippen molar-refractivity contribution in [3.05, 3.63) is 62.6 Å². The predicted octanol–water partition coefficient (Wildman–Crippen LogP) is 5.88. The minimum absolute atomic E-state index is 0.469. The molecule has 0 aromatic heterocycles. The fourth-order valence-electron chi connectivity index (χ4n) is 1.81. The molecule has 1 nitrogen and oxygen atoms in total. The predicted molar refractivity (Wildman–Crippen MR) is 87.3 cm³/mol. The number of rotatable bonds is 4. The Labute approximate surface area is 135 Å². The van der Waals surface area contributed by atoms with Gasteiger partial charge in [-0.15, -0.1) is 0 Å². The maximum atomic E-state index is 6.19. The molecule has 2 aromatic carbocycles. The van der Waals surface area contributed by atoms with Crippen LogP contribution in [-0.4, -0.2) is 0 Å². The van der Waals surface area contributed by atoms with E-state index < -0.39 is 0 Å². The summed E-state index contributed by atoms with van der Waals surface area (Å²) in [5, 5.41) is 1.49. The highest BCUT2D eigenvalue weighted by Gasteiger charge is 2.08. The molecule has 19 heavy (non-hydrogen) atoms. The van der Waals surface area contributed by atoms with Crippen LogP contribution in [0.25, 0.3) is 0 Å². The molecule has 0 atom stereocenters. The minimum Gasteiger partial charge on any atom is -0.488 e. The first-order valence-electron chi connectivity index (χ1n) is 5.83. The van der Waals surface area contributed by atoms with Crippen molar-refractivity contribution in [3.8, 4) is 5.75 Å². The molecule has 0 radical (unpaired) electrons. The first-order valence-corrected chi connectivity index (χ1v) is 8.12. The van der Waals surface area contributed by atoms with Gasteiger partial charge in [0.15, 0.2) is 0 Å². The van der Waals surface area contributed by atoms with Crippen molar-refractivity contribution in [1.82, 2.24) is 0 Å². The summed E-state index contributed by atoms with van der Waals surface area (Å²) in [5.41, 5.74) is 3.26. The van der Waals surface area contributed by atoms with Crippen LogP contribution >= 0.6 is 43.5 Å². The molecule has 0 saturated heterocycles. The van der Waals surface area contributed by atoms with Gasteiger partial charge < -0.3 is 4.74 Å². The molecule has 0 heterocycles. The number of hydrogen-bond acceptors (Lipinski definition) is 1. The molecule has 0 amide bonds. The summed E-state index contributed by atoms with van der Waals surface area (Å²) in [5.74, 6) is 0.929. The van der Waals surface area contributed by atoms with E-state index >= 15 is 0 Å². The molecule has 2 rings (SSSR count). The van der Waals surface area contributed by atoms with Crippen molar-refractivity contribution in [2.75, 3.05) is 0 Å². The summed E-state index contributed by atoms with van der Waals surface area (Å²) in [4.78, 5) is 0. The molecule has 0 aliphatic rings. The molecule has 0 bridgehead atoms.